The number of nitrogens with two attached hydrogens (primary N) is 1. The second-order valence-corrected chi connectivity index (χ2v) is 16.4. The maximum absolute atomic E-state index is 7.25. The fraction of sp³-hybridized carbons (Fsp3) is 0.0196. The number of para-hydroxylation sites is 1. The molecule has 0 radical (unpaired) electrons. The van der Waals surface area contributed by atoms with Crippen LogP contribution in [0.4, 0.5) is 0 Å². The maximum Gasteiger partial charge on any atom is 0.158 e. The first kappa shape index (κ1) is 33.5. The Morgan fingerprint density at radius 1 is 0.474 bits per heavy atom. The Hall–Kier alpha value is -6.86. The fourth-order valence-corrected chi connectivity index (χ4v) is 10.3. The average molecular weight is 768 g/mol. The molecule has 0 fully saturated rings. The lowest BCUT2D eigenvalue weighted by Crippen LogP contribution is -2.17. The molecule has 57 heavy (non-hydrogen) atoms. The summed E-state index contributed by atoms with van der Waals surface area (Å²) >= 11 is 3.58. The molecule has 4 nitrogen and oxygen atoms in total. The minimum Gasteiger partial charge on any atom is -0.456 e. The van der Waals surface area contributed by atoms with E-state index in [1.54, 1.807) is 11.3 Å². The zero-order valence-electron chi connectivity index (χ0n) is 30.6. The molecule has 0 bridgehead atoms. The van der Waals surface area contributed by atoms with Crippen molar-refractivity contribution in [3.05, 3.63) is 193 Å². The second kappa shape index (κ2) is 13.7. The van der Waals surface area contributed by atoms with Crippen molar-refractivity contribution in [2.75, 3.05) is 0 Å². The fourth-order valence-electron chi connectivity index (χ4n) is 8.01. The summed E-state index contributed by atoms with van der Waals surface area (Å²) in [7, 11) is 0. The van der Waals surface area contributed by atoms with Gasteiger partial charge < -0.3 is 10.2 Å². The minimum absolute atomic E-state index is 0.381. The standard InChI is InChI=1S/C51H33N3OS2/c52-50(42-28-35(29-44-48(42)39-15-4-7-18-43(39)55-44)34-25-26-47-41(27-34)37-14-6-8-19-45(37)56-47)54-51(40-17-10-16-38-36-13-5-9-20-46(36)57-49(38)40)53-30-31-21-23-33(24-22-31)32-11-2-1-3-12-32/h1-29H,30H2,(H2,52,53,54). The Bertz CT molecular complexity index is 3390. The Morgan fingerprint density at radius 2 is 1.12 bits per heavy atom. The van der Waals surface area contributed by atoms with Crippen LogP contribution in [0.5, 0.6) is 0 Å². The first-order valence-corrected chi connectivity index (χ1v) is 20.6. The average Bonchev–Trinajstić information content (AvgIpc) is 3.96. The second-order valence-electron chi connectivity index (χ2n) is 14.3. The van der Waals surface area contributed by atoms with E-state index in [2.05, 4.69) is 152 Å². The summed E-state index contributed by atoms with van der Waals surface area (Å²) in [5, 5.41) is 6.84. The van der Waals surface area contributed by atoms with Gasteiger partial charge in [-0.15, -0.1) is 22.7 Å². The Balaban J connectivity index is 1.09. The molecule has 0 aliphatic carbocycles. The molecule has 0 spiro atoms. The highest BCUT2D eigenvalue weighted by Crippen LogP contribution is 2.40. The van der Waals surface area contributed by atoms with Crippen LogP contribution >= 0.6 is 22.7 Å². The largest absolute Gasteiger partial charge is 0.456 e. The lowest BCUT2D eigenvalue weighted by Gasteiger charge is -2.10. The number of fused-ring (bicyclic) bond motifs is 9. The van der Waals surface area contributed by atoms with Gasteiger partial charge in [0.05, 0.1) is 6.54 Å². The van der Waals surface area contributed by atoms with E-state index in [4.69, 9.17) is 20.1 Å². The molecule has 0 aliphatic rings. The SMILES string of the molecule is N/C(=N\C(=N/Cc1ccc(-c2ccccc2)cc1)c1cccc2c1sc1ccccc12)c1cc(-c2ccc3sc4ccccc4c3c2)cc2oc3ccccc3c12. The number of nitrogens with zero attached hydrogens (tertiary/aromatic N) is 2. The first-order chi connectivity index (χ1) is 28.1. The zero-order valence-corrected chi connectivity index (χ0v) is 32.3. The van der Waals surface area contributed by atoms with E-state index in [0.717, 1.165) is 54.5 Å². The van der Waals surface area contributed by atoms with Crippen molar-refractivity contribution >= 4 is 96.6 Å². The van der Waals surface area contributed by atoms with Crippen molar-refractivity contribution in [3.63, 3.8) is 0 Å². The smallest absolute Gasteiger partial charge is 0.158 e. The summed E-state index contributed by atoms with van der Waals surface area (Å²) < 4.78 is 11.4. The van der Waals surface area contributed by atoms with Crippen molar-refractivity contribution in [1.29, 1.82) is 0 Å². The third-order valence-corrected chi connectivity index (χ3v) is 13.2. The van der Waals surface area contributed by atoms with Crippen molar-refractivity contribution < 1.29 is 4.42 Å². The van der Waals surface area contributed by atoms with Crippen LogP contribution in [0.2, 0.25) is 0 Å². The van der Waals surface area contributed by atoms with E-state index in [0.29, 0.717) is 18.2 Å². The van der Waals surface area contributed by atoms with Gasteiger partial charge in [-0.05, 0) is 76.3 Å². The number of hydrogen-bond donors (Lipinski definition) is 1. The number of aliphatic imine (C=N–C) groups is 2. The highest BCUT2D eigenvalue weighted by molar-refractivity contribution is 7.26. The van der Waals surface area contributed by atoms with Crippen LogP contribution in [-0.2, 0) is 6.54 Å². The van der Waals surface area contributed by atoms with Crippen LogP contribution < -0.4 is 5.73 Å². The number of hydrogen-bond acceptors (Lipinski definition) is 4. The third-order valence-electron chi connectivity index (χ3n) is 10.8. The molecule has 0 unspecified atom stereocenters. The van der Waals surface area contributed by atoms with Crippen LogP contribution in [0.1, 0.15) is 16.7 Å². The lowest BCUT2D eigenvalue weighted by atomic mass is 9.97. The molecule has 0 aliphatic heterocycles. The van der Waals surface area contributed by atoms with Crippen molar-refractivity contribution in [1.82, 2.24) is 0 Å². The van der Waals surface area contributed by atoms with Gasteiger partial charge in [0.25, 0.3) is 0 Å². The van der Waals surface area contributed by atoms with Crippen LogP contribution in [0, 0.1) is 0 Å². The van der Waals surface area contributed by atoms with Gasteiger partial charge in [-0.25, -0.2) is 4.99 Å². The lowest BCUT2D eigenvalue weighted by molar-refractivity contribution is 0.669. The normalized spacial score (nSPS) is 12.6. The maximum atomic E-state index is 7.25. The summed E-state index contributed by atoms with van der Waals surface area (Å²) in [6, 6.07) is 61.7. The molecule has 3 heterocycles. The molecule has 8 aromatic carbocycles. The van der Waals surface area contributed by atoms with E-state index < -0.39 is 0 Å². The van der Waals surface area contributed by atoms with E-state index in [-0.39, 0.29) is 0 Å². The van der Waals surface area contributed by atoms with Crippen LogP contribution in [0.15, 0.2) is 190 Å². The number of thiophene rings is 2. The number of benzene rings is 8. The van der Waals surface area contributed by atoms with Gasteiger partial charge in [0.1, 0.15) is 17.0 Å². The van der Waals surface area contributed by atoms with Gasteiger partial charge >= 0.3 is 0 Å². The molecule has 2 N–H and O–H groups in total. The van der Waals surface area contributed by atoms with Gasteiger partial charge in [-0.3, -0.25) is 4.99 Å². The topological polar surface area (TPSA) is 63.9 Å². The van der Waals surface area contributed by atoms with Crippen molar-refractivity contribution in [3.8, 4) is 22.3 Å². The van der Waals surface area contributed by atoms with E-state index in [1.807, 2.05) is 35.6 Å². The molecular weight excluding hydrogens is 735 g/mol. The summed E-state index contributed by atoms with van der Waals surface area (Å²) in [5.41, 5.74) is 16.1. The molecule has 0 atom stereocenters. The predicted octanol–water partition coefficient (Wildman–Crippen LogP) is 14.0. The summed E-state index contributed by atoms with van der Waals surface area (Å²) in [4.78, 5) is 10.5. The van der Waals surface area contributed by atoms with E-state index in [9.17, 15) is 0 Å². The number of amidine groups is 2. The Kier molecular flexibility index (Phi) is 8.05. The number of furan rings is 1. The summed E-state index contributed by atoms with van der Waals surface area (Å²) in [5.74, 6) is 0.973. The van der Waals surface area contributed by atoms with Gasteiger partial charge in [0.2, 0.25) is 0 Å². The molecule has 6 heteroatoms. The molecule has 11 rings (SSSR count). The van der Waals surface area contributed by atoms with Crippen molar-refractivity contribution in [2.24, 2.45) is 15.7 Å². The molecule has 0 saturated carbocycles. The van der Waals surface area contributed by atoms with Gasteiger partial charge in [0.15, 0.2) is 5.84 Å². The minimum atomic E-state index is 0.381. The predicted molar refractivity (Wildman–Crippen MR) is 244 cm³/mol. The molecule has 0 amide bonds. The molecular formula is C51H33N3OS2. The third kappa shape index (κ3) is 5.89. The summed E-state index contributed by atoms with van der Waals surface area (Å²) in [6.07, 6.45) is 0. The molecule has 3 aromatic heterocycles. The van der Waals surface area contributed by atoms with E-state index in [1.165, 1.54) is 46.8 Å². The summed E-state index contributed by atoms with van der Waals surface area (Å²) in [6.45, 7) is 0.446. The van der Waals surface area contributed by atoms with Gasteiger partial charge in [-0.2, -0.15) is 0 Å². The number of rotatable bonds is 6. The molecule has 270 valence electrons. The van der Waals surface area contributed by atoms with Crippen LogP contribution in [0.25, 0.3) is 84.5 Å². The quantitative estimate of drug-likeness (QED) is 0.135. The Morgan fingerprint density at radius 3 is 1.95 bits per heavy atom. The van der Waals surface area contributed by atoms with Crippen LogP contribution in [0.3, 0.4) is 0 Å². The monoisotopic (exact) mass is 767 g/mol. The first-order valence-electron chi connectivity index (χ1n) is 19.0. The molecule has 11 aromatic rings. The van der Waals surface area contributed by atoms with Gasteiger partial charge in [-0.1, -0.05) is 127 Å². The zero-order chi connectivity index (χ0) is 37.9. The highest BCUT2D eigenvalue weighted by atomic mass is 32.1. The molecule has 0 saturated heterocycles. The van der Waals surface area contributed by atoms with Crippen LogP contribution in [-0.4, -0.2) is 11.7 Å². The van der Waals surface area contributed by atoms with Gasteiger partial charge in [0, 0.05) is 62.2 Å². The highest BCUT2D eigenvalue weighted by Gasteiger charge is 2.19. The Labute approximate surface area is 336 Å². The van der Waals surface area contributed by atoms with E-state index >= 15 is 0 Å². The van der Waals surface area contributed by atoms with Crippen molar-refractivity contribution in [2.45, 2.75) is 6.54 Å².